The van der Waals surface area contributed by atoms with Crippen molar-refractivity contribution in [2.24, 2.45) is 0 Å². The van der Waals surface area contributed by atoms with Crippen LogP contribution in [0.2, 0.25) is 0 Å². The fourth-order valence-electron chi connectivity index (χ4n) is 1.42. The molecular weight excluding hydrogens is 188 g/mol. The van der Waals surface area contributed by atoms with Gasteiger partial charge in [-0.05, 0) is 33.3 Å². The number of ether oxygens (including phenoxy) is 1. The van der Waals surface area contributed by atoms with E-state index in [-0.39, 0.29) is 18.3 Å². The zero-order chi connectivity index (χ0) is 11.5. The molecule has 0 spiro atoms. The molecule has 1 unspecified atom stereocenters. The van der Waals surface area contributed by atoms with Crippen LogP contribution in [0.3, 0.4) is 0 Å². The zero-order valence-corrected chi connectivity index (χ0v) is 9.95. The number of aliphatic hydroxyl groups is 1. The molecule has 1 N–H and O–H groups in total. The van der Waals surface area contributed by atoms with Gasteiger partial charge in [0.1, 0.15) is 6.10 Å². The normalized spacial score (nSPS) is 13.9. The van der Waals surface area contributed by atoms with Crippen LogP contribution in [-0.4, -0.2) is 17.3 Å². The molecule has 84 valence electrons. The maximum Gasteiger partial charge on any atom is 0.106 e. The molecule has 15 heavy (non-hydrogen) atoms. The first-order valence-electron chi connectivity index (χ1n) is 5.27. The third-order valence-corrected chi connectivity index (χ3v) is 2.11. The molecule has 0 bridgehead atoms. The van der Waals surface area contributed by atoms with Gasteiger partial charge in [0, 0.05) is 0 Å². The minimum absolute atomic E-state index is 0.0142. The predicted octanol–water partition coefficient (Wildman–Crippen LogP) is 2.84. The van der Waals surface area contributed by atoms with E-state index in [1.807, 2.05) is 52.0 Å². The van der Waals surface area contributed by atoms with Crippen LogP contribution >= 0.6 is 0 Å². The Hall–Kier alpha value is -0.860. The van der Waals surface area contributed by atoms with E-state index in [0.717, 1.165) is 5.56 Å². The number of benzene rings is 1. The molecule has 0 saturated heterocycles. The lowest BCUT2D eigenvalue weighted by Gasteiger charge is -2.26. The fourth-order valence-corrected chi connectivity index (χ4v) is 1.42. The molecule has 2 nitrogen and oxygen atoms in total. The van der Waals surface area contributed by atoms with Crippen molar-refractivity contribution in [3.05, 3.63) is 35.4 Å². The molecule has 0 amide bonds. The molecule has 0 aliphatic rings. The summed E-state index contributed by atoms with van der Waals surface area (Å²) in [4.78, 5) is 0. The van der Waals surface area contributed by atoms with Crippen LogP contribution in [0.1, 0.15) is 38.0 Å². The first-order valence-corrected chi connectivity index (χ1v) is 5.27. The summed E-state index contributed by atoms with van der Waals surface area (Å²) in [5.41, 5.74) is 2.00. The molecule has 1 aromatic rings. The topological polar surface area (TPSA) is 29.5 Å². The summed E-state index contributed by atoms with van der Waals surface area (Å²) in [5, 5.41) is 9.29. The highest BCUT2D eigenvalue weighted by molar-refractivity contribution is 5.23. The first-order chi connectivity index (χ1) is 6.92. The van der Waals surface area contributed by atoms with E-state index in [2.05, 4.69) is 0 Å². The molecule has 1 rings (SSSR count). The van der Waals surface area contributed by atoms with Crippen molar-refractivity contribution in [2.75, 3.05) is 6.61 Å². The Morgan fingerprint density at radius 2 is 1.73 bits per heavy atom. The molecular formula is C13H20O2. The molecule has 0 heterocycles. The Kier molecular flexibility index (Phi) is 3.89. The van der Waals surface area contributed by atoms with Gasteiger partial charge in [0.25, 0.3) is 0 Å². The SMILES string of the molecule is Cc1ccc(C(CO)OC(C)(C)C)cc1. The minimum Gasteiger partial charge on any atom is -0.393 e. The van der Waals surface area contributed by atoms with Crippen molar-refractivity contribution in [1.82, 2.24) is 0 Å². The van der Waals surface area contributed by atoms with Gasteiger partial charge in [-0.1, -0.05) is 29.8 Å². The third kappa shape index (κ3) is 4.02. The molecule has 1 atom stereocenters. The average molecular weight is 208 g/mol. The molecule has 0 fully saturated rings. The van der Waals surface area contributed by atoms with Crippen LogP contribution in [0.5, 0.6) is 0 Å². The third-order valence-electron chi connectivity index (χ3n) is 2.11. The molecule has 0 radical (unpaired) electrons. The zero-order valence-electron chi connectivity index (χ0n) is 9.95. The Morgan fingerprint density at radius 3 is 2.13 bits per heavy atom. The van der Waals surface area contributed by atoms with Crippen molar-refractivity contribution < 1.29 is 9.84 Å². The Balaban J connectivity index is 2.79. The van der Waals surface area contributed by atoms with Gasteiger partial charge in [-0.3, -0.25) is 0 Å². The van der Waals surface area contributed by atoms with Crippen LogP contribution < -0.4 is 0 Å². The molecule has 0 aliphatic heterocycles. The lowest BCUT2D eigenvalue weighted by molar-refractivity contribution is -0.0822. The minimum atomic E-state index is -0.238. The van der Waals surface area contributed by atoms with Gasteiger partial charge in [0.2, 0.25) is 0 Å². The van der Waals surface area contributed by atoms with Crippen molar-refractivity contribution >= 4 is 0 Å². The van der Waals surface area contributed by atoms with E-state index in [1.54, 1.807) is 0 Å². The Labute approximate surface area is 91.9 Å². The molecule has 0 aromatic heterocycles. The molecule has 2 heteroatoms. The second-order valence-electron chi connectivity index (χ2n) is 4.81. The highest BCUT2D eigenvalue weighted by Crippen LogP contribution is 2.23. The monoisotopic (exact) mass is 208 g/mol. The van der Waals surface area contributed by atoms with Crippen LogP contribution in [0.15, 0.2) is 24.3 Å². The lowest BCUT2D eigenvalue weighted by atomic mass is 10.1. The Bertz CT molecular complexity index is 295. The van der Waals surface area contributed by atoms with Crippen LogP contribution in [0, 0.1) is 6.92 Å². The molecule has 0 aliphatic carbocycles. The average Bonchev–Trinajstić information content (AvgIpc) is 2.14. The largest absolute Gasteiger partial charge is 0.393 e. The standard InChI is InChI=1S/C13H20O2/c1-10-5-7-11(8-6-10)12(9-14)15-13(2,3)4/h5-8,12,14H,9H2,1-4H3. The summed E-state index contributed by atoms with van der Waals surface area (Å²) >= 11 is 0. The van der Waals surface area contributed by atoms with Gasteiger partial charge in [-0.2, -0.15) is 0 Å². The smallest absolute Gasteiger partial charge is 0.106 e. The van der Waals surface area contributed by atoms with Gasteiger partial charge in [0.15, 0.2) is 0 Å². The summed E-state index contributed by atoms with van der Waals surface area (Å²) in [6.45, 7) is 8.03. The molecule has 0 saturated carbocycles. The lowest BCUT2D eigenvalue weighted by Crippen LogP contribution is -2.24. The highest BCUT2D eigenvalue weighted by Gasteiger charge is 2.19. The van der Waals surface area contributed by atoms with E-state index in [4.69, 9.17) is 4.74 Å². The number of rotatable bonds is 3. The van der Waals surface area contributed by atoms with Crippen molar-refractivity contribution in [2.45, 2.75) is 39.4 Å². The van der Waals surface area contributed by atoms with Crippen LogP contribution in [-0.2, 0) is 4.74 Å². The van der Waals surface area contributed by atoms with Crippen molar-refractivity contribution in [3.8, 4) is 0 Å². The maximum absolute atomic E-state index is 9.29. The van der Waals surface area contributed by atoms with E-state index in [9.17, 15) is 5.11 Å². The van der Waals surface area contributed by atoms with E-state index < -0.39 is 0 Å². The number of hydrogen-bond acceptors (Lipinski definition) is 2. The fraction of sp³-hybridized carbons (Fsp3) is 0.538. The number of aliphatic hydroxyl groups excluding tert-OH is 1. The van der Waals surface area contributed by atoms with Crippen LogP contribution in [0.25, 0.3) is 0 Å². The summed E-state index contributed by atoms with van der Waals surface area (Å²) in [6, 6.07) is 8.07. The van der Waals surface area contributed by atoms with Crippen molar-refractivity contribution in [3.63, 3.8) is 0 Å². The predicted molar refractivity (Wildman–Crippen MR) is 61.8 cm³/mol. The maximum atomic E-state index is 9.29. The van der Waals surface area contributed by atoms with E-state index in [0.29, 0.717) is 0 Å². The van der Waals surface area contributed by atoms with E-state index in [1.165, 1.54) is 5.56 Å². The molecule has 1 aromatic carbocycles. The first kappa shape index (κ1) is 12.2. The number of hydrogen-bond donors (Lipinski definition) is 1. The van der Waals surface area contributed by atoms with E-state index >= 15 is 0 Å². The summed E-state index contributed by atoms with van der Waals surface area (Å²) in [6.07, 6.45) is -0.231. The Morgan fingerprint density at radius 1 is 1.20 bits per heavy atom. The van der Waals surface area contributed by atoms with Gasteiger partial charge in [-0.25, -0.2) is 0 Å². The summed E-state index contributed by atoms with van der Waals surface area (Å²) in [7, 11) is 0. The van der Waals surface area contributed by atoms with Crippen molar-refractivity contribution in [1.29, 1.82) is 0 Å². The van der Waals surface area contributed by atoms with Gasteiger partial charge in [-0.15, -0.1) is 0 Å². The van der Waals surface area contributed by atoms with Crippen LogP contribution in [0.4, 0.5) is 0 Å². The van der Waals surface area contributed by atoms with Gasteiger partial charge in [0.05, 0.1) is 12.2 Å². The summed E-state index contributed by atoms with van der Waals surface area (Å²) < 4.78 is 5.76. The second kappa shape index (κ2) is 4.77. The highest BCUT2D eigenvalue weighted by atomic mass is 16.5. The van der Waals surface area contributed by atoms with Gasteiger partial charge >= 0.3 is 0 Å². The summed E-state index contributed by atoms with van der Waals surface area (Å²) in [5.74, 6) is 0. The second-order valence-corrected chi connectivity index (χ2v) is 4.81. The van der Waals surface area contributed by atoms with Gasteiger partial charge < -0.3 is 9.84 Å². The quantitative estimate of drug-likeness (QED) is 0.827. The number of aryl methyl sites for hydroxylation is 1.